The van der Waals surface area contributed by atoms with Gasteiger partial charge in [0, 0.05) is 63.5 Å². The zero-order valence-electron chi connectivity index (χ0n) is 13.5. The summed E-state index contributed by atoms with van der Waals surface area (Å²) in [5.74, 6) is 0. The smallest absolute Gasteiger partial charge is 0.235 e. The van der Waals surface area contributed by atoms with E-state index in [9.17, 15) is 9.59 Å². The van der Waals surface area contributed by atoms with Crippen LogP contribution in [-0.2, 0) is 7.05 Å². The van der Waals surface area contributed by atoms with E-state index in [0.717, 1.165) is 32.9 Å². The molecule has 0 bridgehead atoms. The van der Waals surface area contributed by atoms with Crippen molar-refractivity contribution in [3.8, 4) is 22.3 Å². The van der Waals surface area contributed by atoms with E-state index in [-0.39, 0.29) is 0 Å². The summed E-state index contributed by atoms with van der Waals surface area (Å²) < 4.78 is 1.99. The average Bonchev–Trinajstić information content (AvgIpc) is 3.20. The zero-order chi connectivity index (χ0) is 17.1. The van der Waals surface area contributed by atoms with Gasteiger partial charge in [0.2, 0.25) is 10.9 Å². The Balaban J connectivity index is 1.84. The SMILES string of the molecule is Cn1cc(-c2c(-c3c[nH]c4ccccc34)c(=O)c2=O)c2ccccc21. The van der Waals surface area contributed by atoms with Crippen LogP contribution in [0.5, 0.6) is 0 Å². The van der Waals surface area contributed by atoms with E-state index in [1.165, 1.54) is 0 Å². The Hall–Kier alpha value is -3.40. The molecule has 0 unspecified atom stereocenters. The molecule has 0 saturated carbocycles. The molecule has 0 saturated heterocycles. The summed E-state index contributed by atoms with van der Waals surface area (Å²) in [5.41, 5.74) is 3.82. The molecule has 25 heavy (non-hydrogen) atoms. The number of aromatic amines is 1. The first-order chi connectivity index (χ1) is 12.2. The van der Waals surface area contributed by atoms with Crippen LogP contribution < -0.4 is 10.9 Å². The molecule has 0 spiro atoms. The van der Waals surface area contributed by atoms with Crippen molar-refractivity contribution in [1.82, 2.24) is 9.55 Å². The van der Waals surface area contributed by atoms with Crippen LogP contribution in [0.4, 0.5) is 0 Å². The number of nitrogens with one attached hydrogen (secondary N) is 1. The van der Waals surface area contributed by atoms with Gasteiger partial charge in [-0.3, -0.25) is 9.59 Å². The van der Waals surface area contributed by atoms with Crippen molar-refractivity contribution in [1.29, 1.82) is 0 Å². The number of nitrogens with zero attached hydrogens (tertiary/aromatic N) is 1. The van der Waals surface area contributed by atoms with Crippen LogP contribution in [0.15, 0.2) is 70.5 Å². The van der Waals surface area contributed by atoms with Crippen molar-refractivity contribution < 1.29 is 0 Å². The number of para-hydroxylation sites is 2. The monoisotopic (exact) mass is 326 g/mol. The fourth-order valence-corrected chi connectivity index (χ4v) is 3.72. The van der Waals surface area contributed by atoms with Gasteiger partial charge >= 0.3 is 0 Å². The molecule has 5 aromatic rings. The molecule has 0 aliphatic rings. The van der Waals surface area contributed by atoms with E-state index in [1.54, 1.807) is 0 Å². The fraction of sp³-hybridized carbons (Fsp3) is 0.0476. The molecular weight excluding hydrogens is 312 g/mol. The van der Waals surface area contributed by atoms with E-state index in [1.807, 2.05) is 72.5 Å². The van der Waals surface area contributed by atoms with E-state index < -0.39 is 10.9 Å². The van der Waals surface area contributed by atoms with Crippen LogP contribution in [0.1, 0.15) is 0 Å². The van der Waals surface area contributed by atoms with Crippen molar-refractivity contribution in [3.63, 3.8) is 0 Å². The third kappa shape index (κ3) is 1.76. The number of H-pyrrole nitrogens is 1. The predicted octanol–water partition coefficient (Wildman–Crippen LogP) is 3.59. The van der Waals surface area contributed by atoms with E-state index in [0.29, 0.717) is 11.1 Å². The van der Waals surface area contributed by atoms with Gasteiger partial charge in [-0.1, -0.05) is 36.4 Å². The number of fused-ring (bicyclic) bond motifs is 2. The van der Waals surface area contributed by atoms with Gasteiger partial charge in [-0.15, -0.1) is 0 Å². The highest BCUT2D eigenvalue weighted by molar-refractivity contribution is 6.06. The summed E-state index contributed by atoms with van der Waals surface area (Å²) in [6.45, 7) is 0. The molecule has 0 fully saturated rings. The van der Waals surface area contributed by atoms with Crippen molar-refractivity contribution >= 4 is 21.8 Å². The van der Waals surface area contributed by atoms with Crippen molar-refractivity contribution in [3.05, 3.63) is 81.4 Å². The number of aromatic nitrogens is 2. The van der Waals surface area contributed by atoms with E-state index >= 15 is 0 Å². The molecule has 2 aromatic heterocycles. The quantitative estimate of drug-likeness (QED) is 0.504. The Morgan fingerprint density at radius 3 is 2.24 bits per heavy atom. The lowest BCUT2D eigenvalue weighted by Gasteiger charge is -2.10. The van der Waals surface area contributed by atoms with Crippen LogP contribution in [0.25, 0.3) is 44.1 Å². The molecule has 3 aromatic carbocycles. The predicted molar refractivity (Wildman–Crippen MR) is 101 cm³/mol. The lowest BCUT2D eigenvalue weighted by Crippen LogP contribution is -2.34. The second-order valence-corrected chi connectivity index (χ2v) is 6.33. The molecule has 0 aliphatic carbocycles. The lowest BCUT2D eigenvalue weighted by molar-refractivity contribution is 0.970. The summed E-state index contributed by atoms with van der Waals surface area (Å²) in [6, 6.07) is 15.7. The molecule has 0 atom stereocenters. The highest BCUT2D eigenvalue weighted by atomic mass is 16.2. The normalized spacial score (nSPS) is 11.7. The maximum absolute atomic E-state index is 12.4. The molecule has 4 heteroatoms. The van der Waals surface area contributed by atoms with Crippen LogP contribution in [-0.4, -0.2) is 9.55 Å². The highest BCUT2D eigenvalue weighted by Gasteiger charge is 2.27. The van der Waals surface area contributed by atoms with Crippen LogP contribution >= 0.6 is 0 Å². The lowest BCUT2D eigenvalue weighted by atomic mass is 9.89. The van der Waals surface area contributed by atoms with Crippen LogP contribution in [0.3, 0.4) is 0 Å². The van der Waals surface area contributed by atoms with E-state index in [2.05, 4.69) is 4.98 Å². The van der Waals surface area contributed by atoms with Gasteiger partial charge in [0.25, 0.3) is 0 Å². The molecule has 5 rings (SSSR count). The Kier molecular flexibility index (Phi) is 2.69. The standard InChI is InChI=1S/C21H14N2O2/c1-23-11-15(13-7-3-5-9-17(13)23)19-18(20(24)21(19)25)14-10-22-16-8-4-2-6-12(14)16/h2-11,22H,1H3. The maximum atomic E-state index is 12.4. The molecular formula is C21H14N2O2. The molecule has 1 N–H and O–H groups in total. The Morgan fingerprint density at radius 2 is 1.44 bits per heavy atom. The summed E-state index contributed by atoms with van der Waals surface area (Å²) in [5, 5.41) is 1.94. The highest BCUT2D eigenvalue weighted by Crippen LogP contribution is 2.37. The Morgan fingerprint density at radius 1 is 0.800 bits per heavy atom. The molecule has 0 radical (unpaired) electrons. The third-order valence-corrected chi connectivity index (χ3v) is 4.94. The van der Waals surface area contributed by atoms with Gasteiger partial charge in [-0.2, -0.15) is 0 Å². The molecule has 0 amide bonds. The van der Waals surface area contributed by atoms with Crippen molar-refractivity contribution in [2.45, 2.75) is 0 Å². The Labute approximate surface area is 142 Å². The summed E-state index contributed by atoms with van der Waals surface area (Å²) in [6.07, 6.45) is 3.74. The summed E-state index contributed by atoms with van der Waals surface area (Å²) in [7, 11) is 1.95. The summed E-state index contributed by atoms with van der Waals surface area (Å²) in [4.78, 5) is 28.0. The number of hydrogen-bond acceptors (Lipinski definition) is 2. The van der Waals surface area contributed by atoms with Gasteiger partial charge in [-0.25, -0.2) is 0 Å². The fourth-order valence-electron chi connectivity index (χ4n) is 3.72. The second kappa shape index (κ2) is 4.80. The first-order valence-electron chi connectivity index (χ1n) is 8.11. The first kappa shape index (κ1) is 14.0. The van der Waals surface area contributed by atoms with Crippen LogP contribution in [0.2, 0.25) is 0 Å². The average molecular weight is 326 g/mol. The van der Waals surface area contributed by atoms with Crippen molar-refractivity contribution in [2.75, 3.05) is 0 Å². The van der Waals surface area contributed by atoms with Gasteiger partial charge < -0.3 is 9.55 Å². The van der Waals surface area contributed by atoms with Gasteiger partial charge in [0.15, 0.2) is 0 Å². The minimum Gasteiger partial charge on any atom is -0.361 e. The minimum atomic E-state index is -0.410. The molecule has 0 aliphatic heterocycles. The largest absolute Gasteiger partial charge is 0.361 e. The topological polar surface area (TPSA) is 54.9 Å². The summed E-state index contributed by atoms with van der Waals surface area (Å²) >= 11 is 0. The minimum absolute atomic E-state index is 0.406. The zero-order valence-corrected chi connectivity index (χ0v) is 13.5. The second-order valence-electron chi connectivity index (χ2n) is 6.33. The molecule has 120 valence electrons. The molecule has 2 heterocycles. The number of rotatable bonds is 2. The van der Waals surface area contributed by atoms with E-state index in [4.69, 9.17) is 0 Å². The van der Waals surface area contributed by atoms with Gasteiger partial charge in [-0.05, 0) is 12.1 Å². The Bertz CT molecular complexity index is 1340. The number of hydrogen-bond donors (Lipinski definition) is 1. The first-order valence-corrected chi connectivity index (χ1v) is 8.11. The molecule has 4 nitrogen and oxygen atoms in total. The maximum Gasteiger partial charge on any atom is 0.235 e. The van der Waals surface area contributed by atoms with Crippen molar-refractivity contribution in [2.24, 2.45) is 7.05 Å². The number of benzene rings is 2. The number of aryl methyl sites for hydroxylation is 1. The van der Waals surface area contributed by atoms with Gasteiger partial charge in [0.05, 0.1) is 0 Å². The third-order valence-electron chi connectivity index (χ3n) is 4.94. The van der Waals surface area contributed by atoms with Crippen LogP contribution in [0, 0.1) is 0 Å². The van der Waals surface area contributed by atoms with Gasteiger partial charge in [0.1, 0.15) is 0 Å².